The van der Waals surface area contributed by atoms with Crippen LogP contribution in [0.4, 0.5) is 4.79 Å². The molecule has 0 bridgehead atoms. The molecule has 0 spiro atoms. The van der Waals surface area contributed by atoms with Crippen LogP contribution >= 0.6 is 0 Å². The van der Waals surface area contributed by atoms with Gasteiger partial charge in [0.2, 0.25) is 0 Å². The van der Waals surface area contributed by atoms with E-state index in [9.17, 15) is 9.59 Å². The molecule has 132 valence electrons. The number of methoxy groups -OCH3 is 1. The third-order valence-corrected chi connectivity index (χ3v) is 4.25. The summed E-state index contributed by atoms with van der Waals surface area (Å²) in [5.41, 5.74) is 2.41. The molecular weight excluding hydrogens is 336 g/mol. The van der Waals surface area contributed by atoms with Crippen molar-refractivity contribution in [2.24, 2.45) is 0 Å². The second-order valence-electron chi connectivity index (χ2n) is 6.07. The minimum absolute atomic E-state index is 0.0520. The van der Waals surface area contributed by atoms with Gasteiger partial charge < -0.3 is 9.30 Å². The average molecular weight is 352 g/mol. The summed E-state index contributed by atoms with van der Waals surface area (Å²) in [5, 5.41) is 7.49. The molecule has 0 aliphatic rings. The number of ether oxygens (including phenoxy) is 1. The van der Waals surface area contributed by atoms with Crippen molar-refractivity contribution in [1.29, 1.82) is 0 Å². The van der Waals surface area contributed by atoms with E-state index in [2.05, 4.69) is 15.3 Å². The molecule has 4 aromatic rings. The topological polar surface area (TPSA) is 96.3 Å². The van der Waals surface area contributed by atoms with Crippen molar-refractivity contribution in [2.75, 3.05) is 7.11 Å². The molecule has 4 rings (SSSR count). The van der Waals surface area contributed by atoms with Gasteiger partial charge >= 0.3 is 6.09 Å². The second kappa shape index (κ2) is 5.80. The lowest BCUT2D eigenvalue weighted by Gasteiger charge is -2.15. The van der Waals surface area contributed by atoms with E-state index in [1.54, 1.807) is 15.3 Å². The van der Waals surface area contributed by atoms with Crippen molar-refractivity contribution in [3.05, 3.63) is 47.1 Å². The molecule has 0 aliphatic carbocycles. The van der Waals surface area contributed by atoms with Gasteiger partial charge in [0.25, 0.3) is 5.56 Å². The molecule has 0 saturated carbocycles. The van der Waals surface area contributed by atoms with E-state index < -0.39 is 6.09 Å². The van der Waals surface area contributed by atoms with Crippen LogP contribution in [-0.2, 0) is 4.74 Å². The Kier molecular flexibility index (Phi) is 3.57. The molecule has 0 unspecified atom stereocenters. The summed E-state index contributed by atoms with van der Waals surface area (Å²) in [6.07, 6.45) is 2.24. The molecule has 0 fully saturated rings. The first-order chi connectivity index (χ1) is 12.5. The number of hydrogen-bond donors (Lipinski definition) is 0. The SMILES string of the molecule is COC(=O)n1nncc1-c1ncn2c1c(=O)n(C(C)C)c1ccccc12. The molecule has 0 aliphatic heterocycles. The Morgan fingerprint density at radius 1 is 1.19 bits per heavy atom. The van der Waals surface area contributed by atoms with Gasteiger partial charge in [-0.3, -0.25) is 9.20 Å². The minimum Gasteiger partial charge on any atom is -0.451 e. The Morgan fingerprint density at radius 2 is 1.92 bits per heavy atom. The van der Waals surface area contributed by atoms with Crippen molar-refractivity contribution in [1.82, 2.24) is 28.9 Å². The number of imidazole rings is 1. The molecule has 0 saturated heterocycles. The average Bonchev–Trinajstić information content (AvgIpc) is 3.27. The van der Waals surface area contributed by atoms with E-state index in [1.165, 1.54) is 13.3 Å². The van der Waals surface area contributed by atoms with Gasteiger partial charge in [-0.25, -0.2) is 9.78 Å². The summed E-state index contributed by atoms with van der Waals surface area (Å²) in [6.45, 7) is 3.89. The molecule has 26 heavy (non-hydrogen) atoms. The van der Waals surface area contributed by atoms with Gasteiger partial charge in [-0.15, -0.1) is 9.78 Å². The first-order valence-corrected chi connectivity index (χ1v) is 8.04. The maximum absolute atomic E-state index is 13.2. The van der Waals surface area contributed by atoms with E-state index in [0.29, 0.717) is 16.9 Å². The summed E-state index contributed by atoms with van der Waals surface area (Å²) < 4.78 is 9.13. The Hall–Kier alpha value is -3.49. The largest absolute Gasteiger partial charge is 0.451 e. The number of carbonyl (C=O) groups excluding carboxylic acids is 1. The zero-order chi connectivity index (χ0) is 18.4. The zero-order valence-corrected chi connectivity index (χ0v) is 14.4. The normalized spacial score (nSPS) is 11.5. The van der Waals surface area contributed by atoms with E-state index in [-0.39, 0.29) is 11.6 Å². The van der Waals surface area contributed by atoms with Crippen LogP contribution in [0.5, 0.6) is 0 Å². The van der Waals surface area contributed by atoms with Gasteiger partial charge in [0.05, 0.1) is 24.3 Å². The van der Waals surface area contributed by atoms with Crippen LogP contribution < -0.4 is 5.56 Å². The van der Waals surface area contributed by atoms with Crippen LogP contribution in [0.3, 0.4) is 0 Å². The van der Waals surface area contributed by atoms with Crippen LogP contribution in [0, 0.1) is 0 Å². The monoisotopic (exact) mass is 352 g/mol. The highest BCUT2D eigenvalue weighted by Crippen LogP contribution is 2.25. The van der Waals surface area contributed by atoms with Crippen molar-refractivity contribution in [3.8, 4) is 11.4 Å². The van der Waals surface area contributed by atoms with Crippen LogP contribution in [0.1, 0.15) is 19.9 Å². The number of fused-ring (bicyclic) bond motifs is 3. The zero-order valence-electron chi connectivity index (χ0n) is 14.4. The number of aromatic nitrogens is 6. The summed E-state index contributed by atoms with van der Waals surface area (Å²) >= 11 is 0. The molecule has 1 aromatic carbocycles. The second-order valence-corrected chi connectivity index (χ2v) is 6.07. The van der Waals surface area contributed by atoms with E-state index in [1.807, 2.05) is 38.1 Å². The quantitative estimate of drug-likeness (QED) is 0.548. The molecular formula is C17H16N6O3. The number of rotatable bonds is 2. The fraction of sp³-hybridized carbons (Fsp3) is 0.235. The van der Waals surface area contributed by atoms with Crippen molar-refractivity contribution < 1.29 is 9.53 Å². The molecule has 0 atom stereocenters. The fourth-order valence-electron chi connectivity index (χ4n) is 3.15. The molecule has 9 heteroatoms. The lowest BCUT2D eigenvalue weighted by molar-refractivity contribution is 0.169. The van der Waals surface area contributed by atoms with Gasteiger partial charge in [-0.2, -0.15) is 0 Å². The third-order valence-electron chi connectivity index (χ3n) is 4.25. The highest BCUT2D eigenvalue weighted by Gasteiger charge is 2.22. The minimum atomic E-state index is -0.705. The van der Waals surface area contributed by atoms with Crippen LogP contribution in [0.25, 0.3) is 27.9 Å². The lowest BCUT2D eigenvalue weighted by atomic mass is 10.2. The highest BCUT2D eigenvalue weighted by molar-refractivity contribution is 5.86. The predicted molar refractivity (Wildman–Crippen MR) is 94.2 cm³/mol. The van der Waals surface area contributed by atoms with Gasteiger partial charge in [0.15, 0.2) is 0 Å². The molecule has 9 nitrogen and oxygen atoms in total. The van der Waals surface area contributed by atoms with Gasteiger partial charge in [-0.05, 0) is 26.0 Å². The highest BCUT2D eigenvalue weighted by atomic mass is 16.5. The molecule has 3 heterocycles. The van der Waals surface area contributed by atoms with E-state index in [0.717, 1.165) is 15.7 Å². The first-order valence-electron chi connectivity index (χ1n) is 8.04. The predicted octanol–water partition coefficient (Wildman–Crippen LogP) is 2.10. The van der Waals surface area contributed by atoms with E-state index >= 15 is 0 Å². The van der Waals surface area contributed by atoms with Crippen LogP contribution in [0.2, 0.25) is 0 Å². The Bertz CT molecular complexity index is 1200. The number of nitrogens with zero attached hydrogens (tertiary/aromatic N) is 6. The fourth-order valence-corrected chi connectivity index (χ4v) is 3.15. The molecule has 0 amide bonds. The van der Waals surface area contributed by atoms with Crippen molar-refractivity contribution >= 4 is 22.6 Å². The first kappa shape index (κ1) is 16.0. The maximum Gasteiger partial charge on any atom is 0.436 e. The molecule has 0 N–H and O–H groups in total. The summed E-state index contributed by atoms with van der Waals surface area (Å²) in [4.78, 5) is 29.5. The Balaban J connectivity index is 2.14. The molecule has 0 radical (unpaired) electrons. The van der Waals surface area contributed by atoms with Gasteiger partial charge in [0.1, 0.15) is 23.2 Å². The Labute approximate surface area is 147 Å². The molecule has 3 aromatic heterocycles. The maximum atomic E-state index is 13.2. The third kappa shape index (κ3) is 2.13. The number of benzene rings is 1. The number of carbonyl (C=O) groups is 1. The summed E-state index contributed by atoms with van der Waals surface area (Å²) in [5.74, 6) is 0. The van der Waals surface area contributed by atoms with E-state index in [4.69, 9.17) is 4.74 Å². The van der Waals surface area contributed by atoms with Crippen LogP contribution in [-0.4, -0.2) is 42.1 Å². The van der Waals surface area contributed by atoms with Crippen LogP contribution in [0.15, 0.2) is 41.6 Å². The summed E-state index contributed by atoms with van der Waals surface area (Å²) in [7, 11) is 1.25. The Morgan fingerprint density at radius 3 is 2.62 bits per heavy atom. The standard InChI is InChI=1S/C17H16N6O3/c1-10(2)22-12-7-5-4-6-11(12)21-9-18-14(15(21)16(22)24)13-8-19-20-23(13)17(25)26-3/h4-10H,1-3H3. The smallest absolute Gasteiger partial charge is 0.436 e. The van der Waals surface area contributed by atoms with Crippen molar-refractivity contribution in [3.63, 3.8) is 0 Å². The number of para-hydroxylation sites is 2. The van der Waals surface area contributed by atoms with Gasteiger partial charge in [-0.1, -0.05) is 17.3 Å². The van der Waals surface area contributed by atoms with Gasteiger partial charge in [0, 0.05) is 6.04 Å². The van der Waals surface area contributed by atoms with Crippen molar-refractivity contribution in [2.45, 2.75) is 19.9 Å². The summed E-state index contributed by atoms with van der Waals surface area (Å²) in [6, 6.07) is 7.55. The number of hydrogen-bond acceptors (Lipinski definition) is 6. The lowest BCUT2D eigenvalue weighted by Crippen LogP contribution is -2.25.